The molecule has 29 heavy (non-hydrogen) atoms. The average molecular weight is 385 g/mol. The zero-order valence-corrected chi connectivity index (χ0v) is 15.7. The summed E-state index contributed by atoms with van der Waals surface area (Å²) in [4.78, 5) is 26.8. The molecule has 2 aromatic heterocycles. The third-order valence-corrected chi connectivity index (χ3v) is 5.35. The van der Waals surface area contributed by atoms with Crippen LogP contribution in [0.25, 0.3) is 16.6 Å². The molecule has 7 heteroatoms. The van der Waals surface area contributed by atoms with Crippen LogP contribution >= 0.6 is 0 Å². The summed E-state index contributed by atoms with van der Waals surface area (Å²) in [5.74, 6) is -0.00119. The molecular formula is C22H19N5O2. The number of aromatic nitrogens is 4. The van der Waals surface area contributed by atoms with Crippen molar-refractivity contribution < 1.29 is 4.79 Å². The quantitative estimate of drug-likeness (QED) is 0.542. The minimum Gasteiger partial charge on any atom is -0.338 e. The summed E-state index contributed by atoms with van der Waals surface area (Å²) in [6, 6.07) is 18.8. The van der Waals surface area contributed by atoms with Gasteiger partial charge in [0.05, 0.1) is 23.4 Å². The van der Waals surface area contributed by atoms with Crippen LogP contribution in [0.5, 0.6) is 0 Å². The Kier molecular flexibility index (Phi) is 4.20. The fourth-order valence-electron chi connectivity index (χ4n) is 3.84. The molecule has 0 saturated carbocycles. The van der Waals surface area contributed by atoms with E-state index in [0.717, 1.165) is 22.6 Å². The van der Waals surface area contributed by atoms with Crippen molar-refractivity contribution in [2.45, 2.75) is 19.5 Å². The van der Waals surface area contributed by atoms with E-state index in [0.29, 0.717) is 24.9 Å². The molecule has 0 unspecified atom stereocenters. The molecule has 1 amide bonds. The molecule has 0 aliphatic carbocycles. The van der Waals surface area contributed by atoms with Crippen molar-refractivity contribution in [2.75, 3.05) is 6.54 Å². The molecule has 4 aromatic rings. The van der Waals surface area contributed by atoms with Gasteiger partial charge >= 0.3 is 0 Å². The van der Waals surface area contributed by atoms with Crippen LogP contribution in [0, 0.1) is 0 Å². The van der Waals surface area contributed by atoms with Gasteiger partial charge < -0.3 is 9.47 Å². The number of amides is 1. The van der Waals surface area contributed by atoms with Crippen molar-refractivity contribution in [3.05, 3.63) is 88.5 Å². The Labute approximate surface area is 166 Å². The van der Waals surface area contributed by atoms with E-state index in [2.05, 4.69) is 10.3 Å². The number of fused-ring (bicyclic) bond motifs is 2. The van der Waals surface area contributed by atoms with Gasteiger partial charge in [-0.25, -0.2) is 4.68 Å². The van der Waals surface area contributed by atoms with Crippen LogP contribution in [0.4, 0.5) is 0 Å². The lowest BCUT2D eigenvalue weighted by molar-refractivity contribution is -0.132. The number of rotatable bonds is 3. The molecule has 3 heterocycles. The molecule has 0 fully saturated rings. The Hall–Kier alpha value is -3.74. The van der Waals surface area contributed by atoms with Crippen molar-refractivity contribution in [1.29, 1.82) is 0 Å². The van der Waals surface area contributed by atoms with Crippen LogP contribution < -0.4 is 5.43 Å². The van der Waals surface area contributed by atoms with E-state index in [9.17, 15) is 9.59 Å². The maximum atomic E-state index is 13.0. The highest BCUT2D eigenvalue weighted by molar-refractivity contribution is 5.82. The first-order valence-corrected chi connectivity index (χ1v) is 9.55. The second-order valence-electron chi connectivity index (χ2n) is 7.12. The highest BCUT2D eigenvalue weighted by atomic mass is 16.2. The maximum absolute atomic E-state index is 13.0. The van der Waals surface area contributed by atoms with Gasteiger partial charge in [0.15, 0.2) is 5.43 Å². The maximum Gasteiger partial charge on any atom is 0.242 e. The number of carbonyl (C=O) groups is 1. The van der Waals surface area contributed by atoms with E-state index in [1.54, 1.807) is 17.2 Å². The summed E-state index contributed by atoms with van der Waals surface area (Å²) in [6.07, 6.45) is 2.39. The molecule has 2 aromatic carbocycles. The summed E-state index contributed by atoms with van der Waals surface area (Å²) in [5, 5.41) is 9.21. The van der Waals surface area contributed by atoms with E-state index in [4.69, 9.17) is 0 Å². The van der Waals surface area contributed by atoms with Gasteiger partial charge in [-0.05, 0) is 24.3 Å². The Morgan fingerprint density at radius 1 is 1.00 bits per heavy atom. The summed E-state index contributed by atoms with van der Waals surface area (Å²) < 4.78 is 3.68. The van der Waals surface area contributed by atoms with Crippen LogP contribution in [0.1, 0.15) is 11.4 Å². The number of pyridine rings is 1. The molecule has 0 saturated heterocycles. The Morgan fingerprint density at radius 2 is 1.79 bits per heavy atom. The minimum atomic E-state index is -0.0376. The number of nitrogens with zero attached hydrogens (tertiary/aromatic N) is 5. The zero-order chi connectivity index (χ0) is 19.8. The molecule has 7 nitrogen and oxygen atoms in total. The van der Waals surface area contributed by atoms with Gasteiger partial charge in [-0.3, -0.25) is 9.59 Å². The lowest BCUT2D eigenvalue weighted by Crippen LogP contribution is -2.38. The zero-order valence-electron chi connectivity index (χ0n) is 15.7. The number of benzene rings is 2. The monoisotopic (exact) mass is 385 g/mol. The number of carbonyl (C=O) groups excluding carboxylic acids is 1. The molecule has 0 spiro atoms. The first kappa shape index (κ1) is 17.4. The van der Waals surface area contributed by atoms with E-state index in [1.165, 1.54) is 6.07 Å². The van der Waals surface area contributed by atoms with E-state index >= 15 is 0 Å². The number of hydrogen-bond donors (Lipinski definition) is 0. The van der Waals surface area contributed by atoms with Crippen LogP contribution in [0.3, 0.4) is 0 Å². The van der Waals surface area contributed by atoms with Crippen molar-refractivity contribution in [3.63, 3.8) is 0 Å². The molecule has 1 aliphatic rings. The summed E-state index contributed by atoms with van der Waals surface area (Å²) in [5.41, 5.74) is 3.58. The molecule has 0 N–H and O–H groups in total. The summed E-state index contributed by atoms with van der Waals surface area (Å²) >= 11 is 0. The first-order valence-electron chi connectivity index (χ1n) is 9.55. The van der Waals surface area contributed by atoms with Crippen molar-refractivity contribution in [1.82, 2.24) is 24.5 Å². The lowest BCUT2D eigenvalue weighted by atomic mass is 10.1. The summed E-state index contributed by atoms with van der Waals surface area (Å²) in [7, 11) is 0. The lowest BCUT2D eigenvalue weighted by Gasteiger charge is -2.27. The van der Waals surface area contributed by atoms with Gasteiger partial charge in [0.25, 0.3) is 0 Å². The SMILES string of the molecule is O=C(Cn1ccc(=O)c2ccccc21)N1CCc2c(nnn2-c2ccccc2)C1. The van der Waals surface area contributed by atoms with Crippen molar-refractivity contribution in [3.8, 4) is 5.69 Å². The number of para-hydroxylation sites is 2. The predicted molar refractivity (Wildman–Crippen MR) is 109 cm³/mol. The number of hydrogen-bond acceptors (Lipinski definition) is 4. The normalized spacial score (nSPS) is 13.4. The Bertz CT molecular complexity index is 1260. The largest absolute Gasteiger partial charge is 0.338 e. The van der Waals surface area contributed by atoms with Gasteiger partial charge in [-0.1, -0.05) is 35.5 Å². The molecule has 0 bridgehead atoms. The minimum absolute atomic E-state index is 0.00119. The van der Waals surface area contributed by atoms with Crippen LogP contribution in [0.2, 0.25) is 0 Å². The topological polar surface area (TPSA) is 73.0 Å². The van der Waals surface area contributed by atoms with Crippen LogP contribution in [-0.2, 0) is 24.3 Å². The van der Waals surface area contributed by atoms with E-state index in [-0.39, 0.29) is 17.9 Å². The second kappa shape index (κ2) is 7.01. The molecule has 5 rings (SSSR count). The van der Waals surface area contributed by atoms with Crippen LogP contribution in [-0.4, -0.2) is 36.9 Å². The van der Waals surface area contributed by atoms with Gasteiger partial charge in [-0.2, -0.15) is 0 Å². The fraction of sp³-hybridized carbons (Fsp3) is 0.182. The third kappa shape index (κ3) is 3.10. The first-order chi connectivity index (χ1) is 14.2. The van der Waals surface area contributed by atoms with E-state index in [1.807, 2.05) is 57.8 Å². The standard InChI is InChI=1S/C22H19N5O2/c28-21-11-13-25(19-9-5-4-8-17(19)21)15-22(29)26-12-10-20-18(14-26)23-24-27(20)16-6-2-1-3-7-16/h1-9,11,13H,10,12,14-15H2. The van der Waals surface area contributed by atoms with Crippen LogP contribution in [0.15, 0.2) is 71.7 Å². The van der Waals surface area contributed by atoms with Gasteiger partial charge in [0.1, 0.15) is 12.2 Å². The smallest absolute Gasteiger partial charge is 0.242 e. The highest BCUT2D eigenvalue weighted by Gasteiger charge is 2.26. The fourth-order valence-corrected chi connectivity index (χ4v) is 3.84. The van der Waals surface area contributed by atoms with E-state index < -0.39 is 0 Å². The molecule has 0 atom stereocenters. The van der Waals surface area contributed by atoms with Crippen molar-refractivity contribution >= 4 is 16.8 Å². The molecule has 0 radical (unpaired) electrons. The highest BCUT2D eigenvalue weighted by Crippen LogP contribution is 2.20. The molecule has 144 valence electrons. The average Bonchev–Trinajstić information content (AvgIpc) is 3.20. The second-order valence-corrected chi connectivity index (χ2v) is 7.12. The third-order valence-electron chi connectivity index (χ3n) is 5.35. The van der Waals surface area contributed by atoms with Gasteiger partial charge in [0.2, 0.25) is 5.91 Å². The van der Waals surface area contributed by atoms with Gasteiger partial charge in [0, 0.05) is 30.6 Å². The molecule has 1 aliphatic heterocycles. The molecular weight excluding hydrogens is 366 g/mol. The Morgan fingerprint density at radius 3 is 2.66 bits per heavy atom. The Balaban J connectivity index is 1.38. The van der Waals surface area contributed by atoms with Crippen molar-refractivity contribution in [2.24, 2.45) is 0 Å². The van der Waals surface area contributed by atoms with Gasteiger partial charge in [-0.15, -0.1) is 5.10 Å². The predicted octanol–water partition coefficient (Wildman–Crippen LogP) is 2.17. The summed E-state index contributed by atoms with van der Waals surface area (Å²) in [6.45, 7) is 1.24.